The zero-order valence-electron chi connectivity index (χ0n) is 12.4. The Labute approximate surface area is 141 Å². The van der Waals surface area contributed by atoms with E-state index in [4.69, 9.17) is 9.47 Å². The monoisotopic (exact) mass is 343 g/mol. The molecule has 3 rings (SSSR count). The number of ether oxygens (including phenoxy) is 2. The third-order valence-electron chi connectivity index (χ3n) is 3.79. The Morgan fingerprint density at radius 1 is 1.27 bits per heavy atom. The number of thiophene rings is 1. The van der Waals surface area contributed by atoms with E-state index < -0.39 is 6.10 Å². The highest BCUT2D eigenvalue weighted by molar-refractivity contribution is 7.17. The zero-order valence-corrected chi connectivity index (χ0v) is 14.1. The number of aliphatic hydroxyl groups excluding tert-OH is 1. The van der Waals surface area contributed by atoms with E-state index in [0.29, 0.717) is 13.2 Å². The Kier molecular flexibility index (Phi) is 7.08. The second-order valence-corrected chi connectivity index (χ2v) is 6.21. The van der Waals surface area contributed by atoms with Crippen LogP contribution in [0.4, 0.5) is 0 Å². The number of hydrogen-bond acceptors (Lipinski definition) is 5. The van der Waals surface area contributed by atoms with Crippen molar-refractivity contribution in [1.82, 2.24) is 4.90 Å². The van der Waals surface area contributed by atoms with Crippen molar-refractivity contribution in [2.24, 2.45) is 0 Å². The normalized spacial score (nSPS) is 17.3. The van der Waals surface area contributed by atoms with Crippen LogP contribution in [0.3, 0.4) is 0 Å². The van der Waals surface area contributed by atoms with Crippen LogP contribution in [0.15, 0.2) is 29.6 Å². The molecule has 1 N–H and O–H groups in total. The molecule has 0 saturated carbocycles. The highest BCUT2D eigenvalue weighted by Gasteiger charge is 2.11. The van der Waals surface area contributed by atoms with Gasteiger partial charge in [-0.05, 0) is 34.5 Å². The highest BCUT2D eigenvalue weighted by Crippen LogP contribution is 2.24. The van der Waals surface area contributed by atoms with E-state index in [2.05, 4.69) is 22.4 Å². The smallest absolute Gasteiger partial charge is 0.102 e. The molecule has 2 aromatic rings. The Morgan fingerprint density at radius 3 is 2.91 bits per heavy atom. The Bertz CT molecular complexity index is 571. The molecule has 122 valence electrons. The molecule has 2 heterocycles. The molecule has 1 atom stereocenters. The van der Waals surface area contributed by atoms with Gasteiger partial charge in [0, 0.05) is 24.3 Å². The molecule has 4 nitrogen and oxygen atoms in total. The van der Waals surface area contributed by atoms with Crippen LogP contribution in [0.25, 0.3) is 10.1 Å². The summed E-state index contributed by atoms with van der Waals surface area (Å²) >= 11 is 1.72. The SMILES string of the molecule is Cl.OC(COCCN1CCOCC1)c1ccc2sccc2c1. The number of benzene rings is 1. The average Bonchev–Trinajstić information content (AvgIpc) is 3.00. The van der Waals surface area contributed by atoms with Crippen LogP contribution in [0, 0.1) is 0 Å². The molecule has 0 radical (unpaired) electrons. The van der Waals surface area contributed by atoms with E-state index in [1.54, 1.807) is 11.3 Å². The van der Waals surface area contributed by atoms with Crippen molar-refractivity contribution in [3.8, 4) is 0 Å². The van der Waals surface area contributed by atoms with Gasteiger partial charge < -0.3 is 14.6 Å². The van der Waals surface area contributed by atoms with Gasteiger partial charge in [0.1, 0.15) is 6.10 Å². The molecular weight excluding hydrogens is 322 g/mol. The number of fused-ring (bicyclic) bond motifs is 1. The minimum Gasteiger partial charge on any atom is -0.386 e. The molecule has 22 heavy (non-hydrogen) atoms. The van der Waals surface area contributed by atoms with Crippen molar-refractivity contribution in [3.63, 3.8) is 0 Å². The first-order valence-electron chi connectivity index (χ1n) is 7.36. The van der Waals surface area contributed by atoms with Gasteiger partial charge in [-0.3, -0.25) is 4.90 Å². The lowest BCUT2D eigenvalue weighted by Gasteiger charge is -2.26. The van der Waals surface area contributed by atoms with Crippen LogP contribution in [0.2, 0.25) is 0 Å². The second kappa shape index (κ2) is 8.82. The number of rotatable bonds is 6. The summed E-state index contributed by atoms with van der Waals surface area (Å²) in [6.45, 7) is 5.46. The summed E-state index contributed by atoms with van der Waals surface area (Å²) in [5, 5.41) is 13.5. The summed E-state index contributed by atoms with van der Waals surface area (Å²) in [7, 11) is 0. The fourth-order valence-corrected chi connectivity index (χ4v) is 3.27. The van der Waals surface area contributed by atoms with Crippen molar-refractivity contribution in [2.45, 2.75) is 6.10 Å². The van der Waals surface area contributed by atoms with Crippen molar-refractivity contribution in [2.75, 3.05) is 46.1 Å². The van der Waals surface area contributed by atoms with Gasteiger partial charge in [0.25, 0.3) is 0 Å². The van der Waals surface area contributed by atoms with Crippen LogP contribution < -0.4 is 0 Å². The van der Waals surface area contributed by atoms with Gasteiger partial charge in [-0.25, -0.2) is 0 Å². The maximum atomic E-state index is 10.2. The van der Waals surface area contributed by atoms with Crippen LogP contribution >= 0.6 is 23.7 Å². The first kappa shape index (κ1) is 17.7. The van der Waals surface area contributed by atoms with Gasteiger partial charge in [0.05, 0.1) is 26.4 Å². The third-order valence-corrected chi connectivity index (χ3v) is 4.69. The molecule has 0 bridgehead atoms. The predicted molar refractivity (Wildman–Crippen MR) is 92.1 cm³/mol. The van der Waals surface area contributed by atoms with E-state index in [9.17, 15) is 5.11 Å². The van der Waals surface area contributed by atoms with Crippen LogP contribution in [0.5, 0.6) is 0 Å². The molecule has 1 fully saturated rings. The predicted octanol–water partition coefficient (Wildman–Crippen LogP) is 2.71. The molecule has 1 aliphatic heterocycles. The van der Waals surface area contributed by atoms with Crippen LogP contribution in [-0.4, -0.2) is 56.1 Å². The molecule has 1 unspecified atom stereocenters. The van der Waals surface area contributed by atoms with Gasteiger partial charge in [-0.15, -0.1) is 23.7 Å². The molecule has 1 aromatic heterocycles. The molecule has 0 aliphatic carbocycles. The Morgan fingerprint density at radius 2 is 2.09 bits per heavy atom. The fraction of sp³-hybridized carbons (Fsp3) is 0.500. The lowest BCUT2D eigenvalue weighted by molar-refractivity contribution is 0.000870. The lowest BCUT2D eigenvalue weighted by Crippen LogP contribution is -2.38. The van der Waals surface area contributed by atoms with Gasteiger partial charge in [-0.1, -0.05) is 6.07 Å². The van der Waals surface area contributed by atoms with Gasteiger partial charge in [0.2, 0.25) is 0 Å². The first-order valence-corrected chi connectivity index (χ1v) is 8.24. The Hall–Kier alpha value is -0.690. The Balaban J connectivity index is 0.00000176. The number of hydrogen-bond donors (Lipinski definition) is 1. The maximum Gasteiger partial charge on any atom is 0.102 e. The maximum absolute atomic E-state index is 10.2. The number of halogens is 1. The van der Waals surface area contributed by atoms with Crippen molar-refractivity contribution in [3.05, 3.63) is 35.2 Å². The number of morpholine rings is 1. The van der Waals surface area contributed by atoms with Gasteiger partial charge in [0.15, 0.2) is 0 Å². The van der Waals surface area contributed by atoms with Gasteiger partial charge >= 0.3 is 0 Å². The molecule has 0 amide bonds. The lowest BCUT2D eigenvalue weighted by atomic mass is 10.1. The summed E-state index contributed by atoms with van der Waals surface area (Å²) in [5.41, 5.74) is 0.923. The van der Waals surface area contributed by atoms with E-state index in [0.717, 1.165) is 38.4 Å². The second-order valence-electron chi connectivity index (χ2n) is 5.26. The molecule has 6 heteroatoms. The molecule has 0 spiro atoms. The highest BCUT2D eigenvalue weighted by atomic mass is 35.5. The largest absolute Gasteiger partial charge is 0.386 e. The van der Waals surface area contributed by atoms with Crippen LogP contribution in [-0.2, 0) is 9.47 Å². The number of aliphatic hydroxyl groups is 1. The third kappa shape index (κ3) is 4.65. The summed E-state index contributed by atoms with van der Waals surface area (Å²) in [5.74, 6) is 0. The van der Waals surface area contributed by atoms with Crippen molar-refractivity contribution >= 4 is 33.8 Å². The molecular formula is C16H22ClNO3S. The fourth-order valence-electron chi connectivity index (χ4n) is 2.50. The number of nitrogens with zero attached hydrogens (tertiary/aromatic N) is 1. The van der Waals surface area contributed by atoms with E-state index in [-0.39, 0.29) is 12.4 Å². The van der Waals surface area contributed by atoms with E-state index in [1.165, 1.54) is 10.1 Å². The van der Waals surface area contributed by atoms with Crippen molar-refractivity contribution < 1.29 is 14.6 Å². The quantitative estimate of drug-likeness (QED) is 0.819. The molecule has 1 aliphatic rings. The average molecular weight is 344 g/mol. The summed E-state index contributed by atoms with van der Waals surface area (Å²) in [6.07, 6.45) is -0.556. The van der Waals surface area contributed by atoms with Crippen LogP contribution in [0.1, 0.15) is 11.7 Å². The van der Waals surface area contributed by atoms with Gasteiger partial charge in [-0.2, -0.15) is 0 Å². The van der Waals surface area contributed by atoms with E-state index in [1.807, 2.05) is 12.1 Å². The molecule has 1 aromatic carbocycles. The standard InChI is InChI=1S/C16H21NO3S.ClH/c18-15(12-20-9-6-17-4-7-19-8-5-17)13-1-2-16-14(11-13)3-10-21-16;/h1-3,10-11,15,18H,4-9,12H2;1H. The van der Waals surface area contributed by atoms with Crippen molar-refractivity contribution in [1.29, 1.82) is 0 Å². The minimum absolute atomic E-state index is 0. The topological polar surface area (TPSA) is 41.9 Å². The summed E-state index contributed by atoms with van der Waals surface area (Å²) in [6, 6.07) is 8.17. The van der Waals surface area contributed by atoms with E-state index >= 15 is 0 Å². The first-order chi connectivity index (χ1) is 10.3. The molecule has 1 saturated heterocycles. The zero-order chi connectivity index (χ0) is 14.5. The summed E-state index contributed by atoms with van der Waals surface area (Å²) in [4.78, 5) is 2.33. The summed E-state index contributed by atoms with van der Waals surface area (Å²) < 4.78 is 12.2. The minimum atomic E-state index is -0.556.